The fraction of sp³-hybridized carbons (Fsp3) is 0.429. The molecule has 1 aromatic rings. The lowest BCUT2D eigenvalue weighted by atomic mass is 9.97. The van der Waals surface area contributed by atoms with Gasteiger partial charge in [0.25, 0.3) is 0 Å². The number of piperidine rings is 1. The van der Waals surface area contributed by atoms with Gasteiger partial charge in [0, 0.05) is 24.7 Å². The normalized spacial score (nSPS) is 19.8. The van der Waals surface area contributed by atoms with Crippen molar-refractivity contribution in [3.63, 3.8) is 0 Å². The predicted octanol–water partition coefficient (Wildman–Crippen LogP) is 1.99. The topological polar surface area (TPSA) is 91.0 Å². The van der Waals surface area contributed by atoms with Crippen LogP contribution in [0.1, 0.15) is 18.4 Å². The average Bonchev–Trinajstić information content (AvgIpc) is 2.46. The third kappa shape index (κ3) is 3.40. The van der Waals surface area contributed by atoms with Gasteiger partial charge in [-0.1, -0.05) is 17.3 Å². The zero-order valence-electron chi connectivity index (χ0n) is 11.5. The number of hydrogen-bond acceptors (Lipinski definition) is 3. The third-order valence-corrected chi connectivity index (χ3v) is 3.51. The largest absolute Gasteiger partial charge is 0.409 e. The van der Waals surface area contributed by atoms with Gasteiger partial charge in [-0.2, -0.15) is 0 Å². The maximum Gasteiger partial charge on any atom is 0.321 e. The van der Waals surface area contributed by atoms with Crippen molar-refractivity contribution in [2.45, 2.75) is 19.8 Å². The molecule has 6 heteroatoms. The van der Waals surface area contributed by atoms with E-state index < -0.39 is 0 Å². The molecule has 0 radical (unpaired) electrons. The highest BCUT2D eigenvalue weighted by atomic mass is 16.4. The first-order chi connectivity index (χ1) is 9.60. The first-order valence-corrected chi connectivity index (χ1v) is 6.70. The molecule has 20 heavy (non-hydrogen) atoms. The van der Waals surface area contributed by atoms with E-state index in [9.17, 15) is 4.79 Å². The Morgan fingerprint density at radius 3 is 3.05 bits per heavy atom. The van der Waals surface area contributed by atoms with Crippen LogP contribution in [0.2, 0.25) is 0 Å². The molecule has 0 saturated carbocycles. The molecule has 1 atom stereocenters. The number of hydrogen-bond donors (Lipinski definition) is 3. The molecule has 0 bridgehead atoms. The minimum atomic E-state index is -0.147. The Bertz CT molecular complexity index is 516. The van der Waals surface area contributed by atoms with Crippen LogP contribution >= 0.6 is 0 Å². The summed E-state index contributed by atoms with van der Waals surface area (Å²) in [5, 5.41) is 14.6. The Labute approximate surface area is 118 Å². The maximum atomic E-state index is 12.2. The molecule has 1 aliphatic heterocycles. The van der Waals surface area contributed by atoms with Gasteiger partial charge >= 0.3 is 6.03 Å². The summed E-state index contributed by atoms with van der Waals surface area (Å²) < 4.78 is 0. The molecule has 0 aliphatic carbocycles. The first kappa shape index (κ1) is 14.2. The predicted molar refractivity (Wildman–Crippen MR) is 77.9 cm³/mol. The van der Waals surface area contributed by atoms with Gasteiger partial charge in [-0.05, 0) is 37.5 Å². The van der Waals surface area contributed by atoms with Crippen LogP contribution in [0.25, 0.3) is 0 Å². The number of rotatable bonds is 2. The minimum Gasteiger partial charge on any atom is -0.409 e. The number of anilines is 1. The lowest BCUT2D eigenvalue weighted by Gasteiger charge is -2.32. The highest BCUT2D eigenvalue weighted by molar-refractivity contribution is 5.90. The highest BCUT2D eigenvalue weighted by Gasteiger charge is 2.26. The fourth-order valence-electron chi connectivity index (χ4n) is 2.41. The number of carbonyl (C=O) groups is 1. The van der Waals surface area contributed by atoms with Crippen LogP contribution in [0.15, 0.2) is 29.4 Å². The van der Waals surface area contributed by atoms with E-state index in [1.807, 2.05) is 31.2 Å². The number of carbonyl (C=O) groups excluding carboxylic acids is 1. The Kier molecular flexibility index (Phi) is 4.45. The molecule has 4 N–H and O–H groups in total. The molecule has 2 rings (SSSR count). The number of oxime groups is 1. The van der Waals surface area contributed by atoms with Crippen LogP contribution in [0.3, 0.4) is 0 Å². The Balaban J connectivity index is 1.98. The molecule has 1 fully saturated rings. The van der Waals surface area contributed by atoms with Crippen LogP contribution in [0.5, 0.6) is 0 Å². The van der Waals surface area contributed by atoms with Crippen LogP contribution in [0, 0.1) is 12.8 Å². The summed E-state index contributed by atoms with van der Waals surface area (Å²) in [6.45, 7) is 3.14. The molecule has 0 spiro atoms. The average molecular weight is 276 g/mol. The molecule has 1 aliphatic rings. The Morgan fingerprint density at radius 1 is 1.55 bits per heavy atom. The van der Waals surface area contributed by atoms with Crippen molar-refractivity contribution in [3.8, 4) is 0 Å². The van der Waals surface area contributed by atoms with Gasteiger partial charge in [-0.15, -0.1) is 0 Å². The van der Waals surface area contributed by atoms with Gasteiger partial charge < -0.3 is 21.2 Å². The van der Waals surface area contributed by atoms with Crippen LogP contribution in [-0.4, -0.2) is 35.1 Å². The quantitative estimate of drug-likeness (QED) is 0.334. The van der Waals surface area contributed by atoms with E-state index in [0.717, 1.165) is 24.1 Å². The van der Waals surface area contributed by atoms with Crippen molar-refractivity contribution in [2.75, 3.05) is 18.4 Å². The summed E-state index contributed by atoms with van der Waals surface area (Å²) in [6, 6.07) is 7.51. The number of nitrogens with zero attached hydrogens (tertiary/aromatic N) is 2. The number of urea groups is 1. The second-order valence-electron chi connectivity index (χ2n) is 5.11. The van der Waals surface area contributed by atoms with Crippen LogP contribution < -0.4 is 11.1 Å². The van der Waals surface area contributed by atoms with Gasteiger partial charge in [0.1, 0.15) is 5.84 Å². The van der Waals surface area contributed by atoms with E-state index in [1.165, 1.54) is 0 Å². The van der Waals surface area contributed by atoms with Gasteiger partial charge in [-0.25, -0.2) is 4.79 Å². The van der Waals surface area contributed by atoms with Crippen molar-refractivity contribution in [1.82, 2.24) is 4.90 Å². The van der Waals surface area contributed by atoms with Crippen molar-refractivity contribution >= 4 is 17.6 Å². The zero-order chi connectivity index (χ0) is 14.5. The maximum absolute atomic E-state index is 12.2. The van der Waals surface area contributed by atoms with E-state index in [1.54, 1.807) is 4.90 Å². The molecule has 6 nitrogen and oxygen atoms in total. The molecular formula is C14H20N4O2. The Morgan fingerprint density at radius 2 is 2.35 bits per heavy atom. The van der Waals surface area contributed by atoms with Crippen molar-refractivity contribution in [2.24, 2.45) is 16.8 Å². The van der Waals surface area contributed by atoms with E-state index in [0.29, 0.717) is 13.1 Å². The molecule has 1 heterocycles. The second kappa shape index (κ2) is 6.27. The minimum absolute atomic E-state index is 0.0722. The second-order valence-corrected chi connectivity index (χ2v) is 5.11. The molecule has 108 valence electrons. The number of amidine groups is 1. The van der Waals surface area contributed by atoms with Gasteiger partial charge in [0.05, 0.1) is 0 Å². The third-order valence-electron chi connectivity index (χ3n) is 3.51. The summed E-state index contributed by atoms with van der Waals surface area (Å²) in [6.07, 6.45) is 1.69. The Hall–Kier alpha value is -2.24. The SMILES string of the molecule is Cc1cccc(NC(=O)N2CCCC(C(N)=NO)C2)c1. The van der Waals surface area contributed by atoms with Gasteiger partial charge in [0.2, 0.25) is 0 Å². The van der Waals surface area contributed by atoms with E-state index in [4.69, 9.17) is 10.9 Å². The summed E-state index contributed by atoms with van der Waals surface area (Å²) in [5.41, 5.74) is 7.50. The number of aryl methyl sites for hydroxylation is 1. The van der Waals surface area contributed by atoms with E-state index in [-0.39, 0.29) is 17.8 Å². The summed E-state index contributed by atoms with van der Waals surface area (Å²) in [5.74, 6) is 0.120. The number of likely N-dealkylation sites (tertiary alicyclic amines) is 1. The number of amides is 2. The monoisotopic (exact) mass is 276 g/mol. The summed E-state index contributed by atoms with van der Waals surface area (Å²) in [7, 11) is 0. The van der Waals surface area contributed by atoms with E-state index in [2.05, 4.69) is 10.5 Å². The fourth-order valence-corrected chi connectivity index (χ4v) is 2.41. The number of nitrogens with two attached hydrogens (primary N) is 1. The standard InChI is InChI=1S/C14H20N4O2/c1-10-4-2-6-12(8-10)16-14(19)18-7-3-5-11(9-18)13(15)17-20/h2,4,6,8,11,20H,3,5,7,9H2,1H3,(H2,15,17)(H,16,19). The van der Waals surface area contributed by atoms with Crippen LogP contribution in [0.4, 0.5) is 10.5 Å². The first-order valence-electron chi connectivity index (χ1n) is 6.70. The van der Waals surface area contributed by atoms with Crippen LogP contribution in [-0.2, 0) is 0 Å². The highest BCUT2D eigenvalue weighted by Crippen LogP contribution is 2.18. The molecule has 1 saturated heterocycles. The lowest BCUT2D eigenvalue weighted by molar-refractivity contribution is 0.190. The van der Waals surface area contributed by atoms with Crippen molar-refractivity contribution in [1.29, 1.82) is 0 Å². The van der Waals surface area contributed by atoms with Crippen molar-refractivity contribution in [3.05, 3.63) is 29.8 Å². The van der Waals surface area contributed by atoms with Crippen molar-refractivity contribution < 1.29 is 10.0 Å². The van der Waals surface area contributed by atoms with E-state index >= 15 is 0 Å². The lowest BCUT2D eigenvalue weighted by Crippen LogP contribution is -2.45. The number of nitrogens with one attached hydrogen (secondary N) is 1. The van der Waals surface area contributed by atoms with Gasteiger partial charge in [-0.3, -0.25) is 0 Å². The molecular weight excluding hydrogens is 256 g/mol. The number of benzene rings is 1. The summed E-state index contributed by atoms with van der Waals surface area (Å²) in [4.78, 5) is 13.9. The van der Waals surface area contributed by atoms with Gasteiger partial charge in [0.15, 0.2) is 0 Å². The molecule has 0 aromatic heterocycles. The molecule has 1 unspecified atom stereocenters. The smallest absolute Gasteiger partial charge is 0.321 e. The zero-order valence-corrected chi connectivity index (χ0v) is 11.5. The molecule has 2 amide bonds. The molecule has 1 aromatic carbocycles. The summed E-state index contributed by atoms with van der Waals surface area (Å²) >= 11 is 0.